The summed E-state index contributed by atoms with van der Waals surface area (Å²) in [5.41, 5.74) is -0.492. The van der Waals surface area contributed by atoms with Crippen LogP contribution < -0.4 is 10.6 Å². The van der Waals surface area contributed by atoms with Crippen LogP contribution in [-0.4, -0.2) is 22.9 Å². The lowest BCUT2D eigenvalue weighted by atomic mass is 9.77. The third kappa shape index (κ3) is 3.78. The molecule has 4 heteroatoms. The van der Waals surface area contributed by atoms with Gasteiger partial charge in [-0.15, -0.1) is 0 Å². The van der Waals surface area contributed by atoms with Crippen LogP contribution in [0.4, 0.5) is 0 Å². The zero-order chi connectivity index (χ0) is 16.0. The van der Waals surface area contributed by atoms with Gasteiger partial charge in [0.1, 0.15) is 0 Å². The predicted molar refractivity (Wildman–Crippen MR) is 83.6 cm³/mol. The van der Waals surface area contributed by atoms with Crippen LogP contribution in [0.5, 0.6) is 0 Å². The van der Waals surface area contributed by atoms with Gasteiger partial charge in [0.05, 0.1) is 11.8 Å². The number of amides is 2. The fraction of sp³-hybridized carbons (Fsp3) is 0.882. The summed E-state index contributed by atoms with van der Waals surface area (Å²) in [5, 5.41) is 6.15. The first-order valence-electron chi connectivity index (χ1n) is 8.12. The van der Waals surface area contributed by atoms with Crippen molar-refractivity contribution >= 4 is 11.8 Å². The molecule has 2 aliphatic rings. The van der Waals surface area contributed by atoms with Crippen LogP contribution in [0.1, 0.15) is 60.8 Å². The Morgan fingerprint density at radius 2 is 1.10 bits per heavy atom. The van der Waals surface area contributed by atoms with Crippen LogP contribution in [0.25, 0.3) is 0 Å². The molecule has 0 aromatic rings. The summed E-state index contributed by atoms with van der Waals surface area (Å²) in [7, 11) is 0. The van der Waals surface area contributed by atoms with Gasteiger partial charge >= 0.3 is 0 Å². The van der Waals surface area contributed by atoms with Gasteiger partial charge in [-0.3, -0.25) is 9.59 Å². The van der Waals surface area contributed by atoms with E-state index in [0.29, 0.717) is 11.8 Å². The van der Waals surface area contributed by atoms with E-state index in [-0.39, 0.29) is 34.7 Å². The molecular weight excluding hydrogens is 264 g/mol. The fourth-order valence-corrected chi connectivity index (χ4v) is 3.95. The molecule has 120 valence electrons. The molecule has 2 amide bonds. The standard InChI is InChI=1S/C17H30N2O2/c1-16(2,3)18-14(20)12-10-7-8-11(9-10)13(12)15(21)19-17(4,5)6/h10-13H,7-9H2,1-6H3,(H,18,20)(H,19,21). The second-order valence-corrected chi connectivity index (χ2v) is 8.86. The number of fused-ring (bicyclic) bond motifs is 2. The van der Waals surface area contributed by atoms with E-state index in [2.05, 4.69) is 10.6 Å². The average Bonchev–Trinajstić information content (AvgIpc) is 2.82. The van der Waals surface area contributed by atoms with Gasteiger partial charge in [0.25, 0.3) is 0 Å². The topological polar surface area (TPSA) is 58.2 Å². The second-order valence-electron chi connectivity index (χ2n) is 8.86. The largest absolute Gasteiger partial charge is 0.351 e. The van der Waals surface area contributed by atoms with Crippen LogP contribution in [0.3, 0.4) is 0 Å². The lowest BCUT2D eigenvalue weighted by Gasteiger charge is -2.34. The predicted octanol–water partition coefficient (Wildman–Crippen LogP) is 2.48. The highest BCUT2D eigenvalue weighted by molar-refractivity contribution is 5.89. The SMILES string of the molecule is CC(C)(C)NC(=O)C1C2CCC(C2)C1C(=O)NC(C)(C)C. The molecule has 2 bridgehead atoms. The summed E-state index contributed by atoms with van der Waals surface area (Å²) in [5.74, 6) is 0.587. The molecule has 21 heavy (non-hydrogen) atoms. The van der Waals surface area contributed by atoms with E-state index in [0.717, 1.165) is 19.3 Å². The van der Waals surface area contributed by atoms with Crippen molar-refractivity contribution < 1.29 is 9.59 Å². The van der Waals surface area contributed by atoms with Gasteiger partial charge in [-0.2, -0.15) is 0 Å². The Bertz CT molecular complexity index is 391. The smallest absolute Gasteiger partial charge is 0.224 e. The Labute approximate surface area is 128 Å². The molecule has 0 spiro atoms. The van der Waals surface area contributed by atoms with Gasteiger partial charge in [0.2, 0.25) is 11.8 Å². The van der Waals surface area contributed by atoms with Crippen molar-refractivity contribution in [1.82, 2.24) is 10.6 Å². The second kappa shape index (κ2) is 5.29. The lowest BCUT2D eigenvalue weighted by molar-refractivity contribution is -0.138. The van der Waals surface area contributed by atoms with Crippen molar-refractivity contribution in [2.75, 3.05) is 0 Å². The van der Waals surface area contributed by atoms with Crippen molar-refractivity contribution in [1.29, 1.82) is 0 Å². The molecule has 2 rings (SSSR count). The summed E-state index contributed by atoms with van der Waals surface area (Å²) >= 11 is 0. The maximum Gasteiger partial charge on any atom is 0.224 e. The molecule has 4 unspecified atom stereocenters. The Morgan fingerprint density at radius 3 is 1.38 bits per heavy atom. The van der Waals surface area contributed by atoms with E-state index in [9.17, 15) is 9.59 Å². The van der Waals surface area contributed by atoms with Gasteiger partial charge in [-0.1, -0.05) is 0 Å². The molecule has 0 aliphatic heterocycles. The van der Waals surface area contributed by atoms with E-state index in [4.69, 9.17) is 0 Å². The van der Waals surface area contributed by atoms with Crippen molar-refractivity contribution in [3.05, 3.63) is 0 Å². The van der Waals surface area contributed by atoms with E-state index in [1.807, 2.05) is 41.5 Å². The van der Waals surface area contributed by atoms with Crippen molar-refractivity contribution in [3.8, 4) is 0 Å². The molecule has 0 saturated heterocycles. The summed E-state index contributed by atoms with van der Waals surface area (Å²) < 4.78 is 0. The quantitative estimate of drug-likeness (QED) is 0.822. The molecule has 0 radical (unpaired) electrons. The number of carbonyl (C=O) groups is 2. The minimum atomic E-state index is -0.246. The summed E-state index contributed by atoms with van der Waals surface area (Å²) in [6.07, 6.45) is 3.21. The fourth-order valence-electron chi connectivity index (χ4n) is 3.95. The van der Waals surface area contributed by atoms with Crippen molar-refractivity contribution in [3.63, 3.8) is 0 Å². The van der Waals surface area contributed by atoms with Gasteiger partial charge in [-0.05, 0) is 72.6 Å². The number of hydrogen-bond donors (Lipinski definition) is 2. The number of nitrogens with one attached hydrogen (secondary N) is 2. The molecule has 0 heterocycles. The maximum absolute atomic E-state index is 12.6. The molecule has 4 atom stereocenters. The summed E-state index contributed by atoms with van der Waals surface area (Å²) in [4.78, 5) is 25.3. The average molecular weight is 294 g/mol. The molecule has 4 nitrogen and oxygen atoms in total. The first kappa shape index (κ1) is 16.3. The Kier molecular flexibility index (Phi) is 4.11. The lowest BCUT2D eigenvalue weighted by Crippen LogP contribution is -2.52. The molecule has 2 N–H and O–H groups in total. The highest BCUT2D eigenvalue weighted by Crippen LogP contribution is 2.52. The van der Waals surface area contributed by atoms with E-state index in [1.54, 1.807) is 0 Å². The van der Waals surface area contributed by atoms with E-state index in [1.165, 1.54) is 0 Å². The minimum absolute atomic E-state index is 0.0590. The zero-order valence-electron chi connectivity index (χ0n) is 14.2. The van der Waals surface area contributed by atoms with Gasteiger partial charge in [0, 0.05) is 11.1 Å². The molecule has 2 aliphatic carbocycles. The van der Waals surface area contributed by atoms with Crippen LogP contribution in [0, 0.1) is 23.7 Å². The highest BCUT2D eigenvalue weighted by Gasteiger charge is 2.54. The summed E-state index contributed by atoms with van der Waals surface area (Å²) in [6, 6.07) is 0. The van der Waals surface area contributed by atoms with Gasteiger partial charge < -0.3 is 10.6 Å². The van der Waals surface area contributed by atoms with E-state index < -0.39 is 0 Å². The van der Waals surface area contributed by atoms with E-state index >= 15 is 0 Å². The Balaban J connectivity index is 2.14. The number of carbonyl (C=O) groups excluding carboxylic acids is 2. The molecule has 2 saturated carbocycles. The van der Waals surface area contributed by atoms with Crippen LogP contribution in [0.2, 0.25) is 0 Å². The third-order valence-electron chi connectivity index (χ3n) is 4.52. The van der Waals surface area contributed by atoms with Crippen molar-refractivity contribution in [2.24, 2.45) is 23.7 Å². The zero-order valence-corrected chi connectivity index (χ0v) is 14.2. The maximum atomic E-state index is 12.6. The summed E-state index contributed by atoms with van der Waals surface area (Å²) in [6.45, 7) is 11.9. The first-order valence-corrected chi connectivity index (χ1v) is 8.12. The third-order valence-corrected chi connectivity index (χ3v) is 4.52. The first-order chi connectivity index (χ1) is 9.48. The highest BCUT2D eigenvalue weighted by atomic mass is 16.2. The van der Waals surface area contributed by atoms with Crippen LogP contribution in [-0.2, 0) is 9.59 Å². The van der Waals surface area contributed by atoms with Gasteiger partial charge in [0.15, 0.2) is 0 Å². The normalized spacial score (nSPS) is 32.1. The number of hydrogen-bond acceptors (Lipinski definition) is 2. The van der Waals surface area contributed by atoms with Crippen molar-refractivity contribution in [2.45, 2.75) is 71.9 Å². The molecule has 2 fully saturated rings. The molecule has 0 aromatic carbocycles. The Morgan fingerprint density at radius 1 is 0.762 bits per heavy atom. The van der Waals surface area contributed by atoms with Crippen LogP contribution in [0.15, 0.2) is 0 Å². The molecular formula is C17H30N2O2. The van der Waals surface area contributed by atoms with Crippen LogP contribution >= 0.6 is 0 Å². The monoisotopic (exact) mass is 294 g/mol. The van der Waals surface area contributed by atoms with Gasteiger partial charge in [-0.25, -0.2) is 0 Å². The molecule has 0 aromatic heterocycles. The number of rotatable bonds is 2. The minimum Gasteiger partial charge on any atom is -0.351 e. The Hall–Kier alpha value is -1.06.